The van der Waals surface area contributed by atoms with E-state index in [1.54, 1.807) is 32.7 Å². The van der Waals surface area contributed by atoms with Crippen molar-refractivity contribution in [3.63, 3.8) is 0 Å². The average Bonchev–Trinajstić information content (AvgIpc) is 3.18. The predicted molar refractivity (Wildman–Crippen MR) is 158 cm³/mol. The molecule has 11 nitrogen and oxygen atoms in total. The summed E-state index contributed by atoms with van der Waals surface area (Å²) in [5.41, 5.74) is 2.53. The van der Waals surface area contributed by atoms with Gasteiger partial charge in [0.15, 0.2) is 11.5 Å². The van der Waals surface area contributed by atoms with E-state index in [4.69, 9.17) is 14.7 Å². The Bertz CT molecular complexity index is 1670. The van der Waals surface area contributed by atoms with E-state index in [0.29, 0.717) is 48.1 Å². The molecular weight excluding hydrogens is 520 g/mol. The predicted octanol–water partition coefficient (Wildman–Crippen LogP) is 5.29. The molecule has 1 aromatic carbocycles. The molecule has 4 aromatic rings. The summed E-state index contributed by atoms with van der Waals surface area (Å²) in [6.07, 6.45) is 3.68. The molecule has 1 aliphatic rings. The fourth-order valence-corrected chi connectivity index (χ4v) is 4.82. The van der Waals surface area contributed by atoms with Crippen molar-refractivity contribution < 1.29 is 9.53 Å². The molecule has 1 aliphatic heterocycles. The highest BCUT2D eigenvalue weighted by molar-refractivity contribution is 5.77. The molecule has 1 amide bonds. The fraction of sp³-hybridized carbons (Fsp3) is 0.467. The van der Waals surface area contributed by atoms with Crippen LogP contribution in [-0.2, 0) is 23.1 Å². The quantitative estimate of drug-likeness (QED) is 0.359. The molecule has 0 bridgehead atoms. The van der Waals surface area contributed by atoms with Crippen molar-refractivity contribution in [1.29, 1.82) is 0 Å². The molecule has 11 heteroatoms. The minimum Gasteiger partial charge on any atom is -0.444 e. The van der Waals surface area contributed by atoms with Crippen LogP contribution in [0.5, 0.6) is 0 Å². The Balaban J connectivity index is 1.47. The number of anilines is 2. The third-order valence-electron chi connectivity index (χ3n) is 6.77. The minimum atomic E-state index is -0.532. The smallest absolute Gasteiger partial charge is 0.410 e. The number of nitrogens with one attached hydrogen (secondary N) is 1. The topological polar surface area (TPSA) is 120 Å². The van der Waals surface area contributed by atoms with Crippen LogP contribution in [-0.4, -0.2) is 52.4 Å². The number of benzene rings is 1. The fourth-order valence-electron chi connectivity index (χ4n) is 4.82. The van der Waals surface area contributed by atoms with E-state index in [9.17, 15) is 9.59 Å². The second-order valence-electron chi connectivity index (χ2n) is 12.7. The number of fused-ring (bicyclic) bond motifs is 2. The van der Waals surface area contributed by atoms with Gasteiger partial charge < -0.3 is 15.0 Å². The molecule has 216 valence electrons. The number of aromatic nitrogens is 6. The van der Waals surface area contributed by atoms with Crippen LogP contribution in [0.2, 0.25) is 0 Å². The number of carbonyl (C=O) groups is 1. The maximum Gasteiger partial charge on any atom is 0.410 e. The number of nitrogens with zero attached hydrogens (tertiary/aromatic N) is 7. The van der Waals surface area contributed by atoms with Crippen molar-refractivity contribution in [3.05, 3.63) is 64.0 Å². The first kappa shape index (κ1) is 28.3. The Morgan fingerprint density at radius 1 is 1.02 bits per heavy atom. The molecule has 0 atom stereocenters. The number of hydrogen-bond acceptors (Lipinski definition) is 8. The lowest BCUT2D eigenvalue weighted by Gasteiger charge is -2.31. The standard InChI is InChI=1S/C30H38N8O3/c1-18(2)37-25(39)22-16-32-27(35-24(22)38(37)23-11-13-31-26(34-23)29(3,4)5)33-21-10-9-20-17-36(14-12-19(20)15-21)28(40)41-30(6,7)8/h9-11,13,15-16,18H,12,14,17H2,1-8H3,(H,32,33,35). The summed E-state index contributed by atoms with van der Waals surface area (Å²) in [5, 5.41) is 3.71. The van der Waals surface area contributed by atoms with Crippen LogP contribution in [0.1, 0.15) is 78.4 Å². The highest BCUT2D eigenvalue weighted by atomic mass is 16.6. The van der Waals surface area contributed by atoms with Crippen LogP contribution in [0.15, 0.2) is 41.5 Å². The molecule has 0 saturated carbocycles. The van der Waals surface area contributed by atoms with Crippen molar-refractivity contribution in [1.82, 2.24) is 34.2 Å². The van der Waals surface area contributed by atoms with Crippen molar-refractivity contribution in [2.24, 2.45) is 0 Å². The van der Waals surface area contributed by atoms with Crippen molar-refractivity contribution in [3.8, 4) is 5.82 Å². The van der Waals surface area contributed by atoms with Gasteiger partial charge in [-0.15, -0.1) is 0 Å². The van der Waals surface area contributed by atoms with Crippen LogP contribution < -0.4 is 10.9 Å². The summed E-state index contributed by atoms with van der Waals surface area (Å²) in [6.45, 7) is 16.7. The summed E-state index contributed by atoms with van der Waals surface area (Å²) in [6, 6.07) is 7.65. The van der Waals surface area contributed by atoms with Gasteiger partial charge in [-0.2, -0.15) is 4.98 Å². The summed E-state index contributed by atoms with van der Waals surface area (Å²) >= 11 is 0. The van der Waals surface area contributed by atoms with Gasteiger partial charge >= 0.3 is 6.09 Å². The van der Waals surface area contributed by atoms with Gasteiger partial charge in [-0.05, 0) is 64.3 Å². The third kappa shape index (κ3) is 5.79. The molecule has 0 aliphatic carbocycles. The number of amides is 1. The number of rotatable bonds is 4. The number of ether oxygens (including phenoxy) is 1. The molecular formula is C30H38N8O3. The normalized spacial score (nSPS) is 13.9. The van der Waals surface area contributed by atoms with Crippen LogP contribution in [0.3, 0.4) is 0 Å². The average molecular weight is 559 g/mol. The summed E-state index contributed by atoms with van der Waals surface area (Å²) in [5.74, 6) is 1.60. The lowest BCUT2D eigenvalue weighted by molar-refractivity contribution is 0.0224. The van der Waals surface area contributed by atoms with Crippen molar-refractivity contribution in [2.75, 3.05) is 11.9 Å². The zero-order valence-electron chi connectivity index (χ0n) is 25.0. The van der Waals surface area contributed by atoms with Gasteiger partial charge in [-0.25, -0.2) is 29.1 Å². The molecule has 0 radical (unpaired) electrons. The molecule has 0 fully saturated rings. The zero-order chi connectivity index (χ0) is 29.7. The highest BCUT2D eigenvalue weighted by Gasteiger charge is 2.26. The maximum atomic E-state index is 13.4. The molecule has 1 N–H and O–H groups in total. The van der Waals surface area contributed by atoms with Gasteiger partial charge in [0, 0.05) is 48.7 Å². The van der Waals surface area contributed by atoms with Crippen LogP contribution >= 0.6 is 0 Å². The van der Waals surface area contributed by atoms with E-state index in [0.717, 1.165) is 16.8 Å². The largest absolute Gasteiger partial charge is 0.444 e. The van der Waals surface area contributed by atoms with E-state index in [1.165, 1.54) is 0 Å². The van der Waals surface area contributed by atoms with Crippen molar-refractivity contribution in [2.45, 2.75) is 85.4 Å². The summed E-state index contributed by atoms with van der Waals surface area (Å²) in [7, 11) is 0. The Kier molecular flexibility index (Phi) is 7.08. The van der Waals surface area contributed by atoms with E-state index >= 15 is 0 Å². The first-order valence-electron chi connectivity index (χ1n) is 13.9. The Hall–Kier alpha value is -4.28. The van der Waals surface area contributed by atoms with Crippen molar-refractivity contribution >= 4 is 28.8 Å². The van der Waals surface area contributed by atoms with Gasteiger partial charge in [0.25, 0.3) is 5.56 Å². The maximum absolute atomic E-state index is 13.4. The van der Waals surface area contributed by atoms with Crippen LogP contribution in [0.25, 0.3) is 16.9 Å². The molecule has 3 aromatic heterocycles. The van der Waals surface area contributed by atoms with E-state index < -0.39 is 5.60 Å². The molecule has 0 spiro atoms. The van der Waals surface area contributed by atoms with E-state index in [1.807, 2.05) is 67.5 Å². The Morgan fingerprint density at radius 2 is 1.78 bits per heavy atom. The van der Waals surface area contributed by atoms with Gasteiger partial charge in [-0.1, -0.05) is 26.8 Å². The van der Waals surface area contributed by atoms with Gasteiger partial charge in [-0.3, -0.25) is 4.79 Å². The first-order valence-corrected chi connectivity index (χ1v) is 13.9. The lowest BCUT2D eigenvalue weighted by Crippen LogP contribution is -2.39. The molecule has 0 saturated heterocycles. The SMILES string of the molecule is CC(C)n1c(=O)c2cnc(Nc3ccc4c(c3)CCN(C(=O)OC(C)(C)C)C4)nc2n1-c1ccnc(C(C)(C)C)n1. The molecule has 5 rings (SSSR count). The second kappa shape index (κ2) is 10.3. The number of hydrogen-bond donors (Lipinski definition) is 1. The summed E-state index contributed by atoms with van der Waals surface area (Å²) < 4.78 is 8.94. The van der Waals surface area contributed by atoms with E-state index in [-0.39, 0.29) is 23.1 Å². The Morgan fingerprint density at radius 3 is 2.46 bits per heavy atom. The lowest BCUT2D eigenvalue weighted by atomic mass is 9.96. The Labute approximate surface area is 239 Å². The molecule has 41 heavy (non-hydrogen) atoms. The van der Waals surface area contributed by atoms with Crippen LogP contribution in [0, 0.1) is 0 Å². The van der Waals surface area contributed by atoms with Crippen LogP contribution in [0.4, 0.5) is 16.4 Å². The van der Waals surface area contributed by atoms with Gasteiger partial charge in [0.2, 0.25) is 5.95 Å². The molecule has 4 heterocycles. The minimum absolute atomic E-state index is 0.137. The zero-order valence-corrected chi connectivity index (χ0v) is 25.0. The monoisotopic (exact) mass is 558 g/mol. The van der Waals surface area contributed by atoms with E-state index in [2.05, 4.69) is 21.4 Å². The molecule has 0 unspecified atom stereocenters. The first-order chi connectivity index (χ1) is 19.2. The second-order valence-corrected chi connectivity index (χ2v) is 12.7. The third-order valence-corrected chi connectivity index (χ3v) is 6.77. The van der Waals surface area contributed by atoms with Gasteiger partial charge in [0.1, 0.15) is 16.8 Å². The van der Waals surface area contributed by atoms with Gasteiger partial charge in [0.05, 0.1) is 0 Å². The number of carbonyl (C=O) groups excluding carboxylic acids is 1. The summed E-state index contributed by atoms with van der Waals surface area (Å²) in [4.78, 5) is 46.1. The highest BCUT2D eigenvalue weighted by Crippen LogP contribution is 2.26.